The highest BCUT2D eigenvalue weighted by Crippen LogP contribution is 2.26. The second kappa shape index (κ2) is 4.70. The van der Waals surface area contributed by atoms with E-state index >= 15 is 0 Å². The maximum absolute atomic E-state index is 13.9. The molecule has 1 atom stereocenters. The summed E-state index contributed by atoms with van der Waals surface area (Å²) in [5.74, 6) is -0.777. The lowest BCUT2D eigenvalue weighted by molar-refractivity contribution is 0.606. The van der Waals surface area contributed by atoms with E-state index in [1.54, 1.807) is 31.2 Å². The van der Waals surface area contributed by atoms with Crippen molar-refractivity contribution >= 4 is 5.78 Å². The van der Waals surface area contributed by atoms with Gasteiger partial charge in [0, 0.05) is 11.3 Å². The van der Waals surface area contributed by atoms with Gasteiger partial charge in [-0.25, -0.2) is 9.37 Å². The Kier molecular flexibility index (Phi) is 2.88. The van der Waals surface area contributed by atoms with Gasteiger partial charge in [-0.1, -0.05) is 18.2 Å². The highest BCUT2D eigenvalue weighted by Gasteiger charge is 2.21. The first kappa shape index (κ1) is 12.2. The fourth-order valence-electron chi connectivity index (χ4n) is 2.17. The molecule has 6 heteroatoms. The Morgan fingerprint density at radius 1 is 1.35 bits per heavy atom. The van der Waals surface area contributed by atoms with Crippen LogP contribution in [-0.2, 0) is 0 Å². The van der Waals surface area contributed by atoms with E-state index in [9.17, 15) is 9.65 Å². The van der Waals surface area contributed by atoms with Crippen molar-refractivity contribution in [1.82, 2.24) is 19.6 Å². The lowest BCUT2D eigenvalue weighted by Crippen LogP contribution is -2.09. The Morgan fingerprint density at radius 3 is 2.90 bits per heavy atom. The van der Waals surface area contributed by atoms with Crippen LogP contribution in [0.15, 0.2) is 36.7 Å². The number of rotatable bonds is 2. The SMILES string of the molecule is Cc1cc([C@H](C#N)c2ccccc2F)n2ncnc2n1. The molecule has 0 saturated heterocycles. The number of hydrogen-bond acceptors (Lipinski definition) is 4. The second-order valence-corrected chi connectivity index (χ2v) is 4.38. The first-order valence-electron chi connectivity index (χ1n) is 6.02. The van der Waals surface area contributed by atoms with Crippen LogP contribution in [0.3, 0.4) is 0 Å². The number of nitrogens with zero attached hydrogens (tertiary/aromatic N) is 5. The Hall–Kier alpha value is -2.81. The summed E-state index contributed by atoms with van der Waals surface area (Å²) in [7, 11) is 0. The number of benzene rings is 1. The standard InChI is InChI=1S/C14H10FN5/c1-9-6-13(20-14(19-9)17-8-18-20)11(7-16)10-4-2-3-5-12(10)15/h2-6,8,11H,1H3/t11-/m1/s1. The van der Waals surface area contributed by atoms with Crippen LogP contribution in [0, 0.1) is 24.1 Å². The van der Waals surface area contributed by atoms with Crippen molar-refractivity contribution in [2.45, 2.75) is 12.8 Å². The molecule has 0 amide bonds. The number of fused-ring (bicyclic) bond motifs is 1. The van der Waals surface area contributed by atoms with Gasteiger partial charge in [-0.3, -0.25) is 0 Å². The second-order valence-electron chi connectivity index (χ2n) is 4.38. The van der Waals surface area contributed by atoms with E-state index in [0.29, 0.717) is 22.7 Å². The largest absolute Gasteiger partial charge is 0.252 e. The third-order valence-electron chi connectivity index (χ3n) is 3.05. The number of aromatic nitrogens is 4. The highest BCUT2D eigenvalue weighted by atomic mass is 19.1. The lowest BCUT2D eigenvalue weighted by atomic mass is 9.96. The molecular weight excluding hydrogens is 257 g/mol. The van der Waals surface area contributed by atoms with Crippen molar-refractivity contribution in [1.29, 1.82) is 5.26 Å². The van der Waals surface area contributed by atoms with Crippen molar-refractivity contribution in [3.05, 3.63) is 59.4 Å². The summed E-state index contributed by atoms with van der Waals surface area (Å²) in [6, 6.07) is 10.1. The fraction of sp³-hybridized carbons (Fsp3) is 0.143. The molecule has 0 unspecified atom stereocenters. The van der Waals surface area contributed by atoms with Crippen LogP contribution in [0.4, 0.5) is 4.39 Å². The summed E-state index contributed by atoms with van der Waals surface area (Å²) in [6.07, 6.45) is 1.36. The van der Waals surface area contributed by atoms with E-state index < -0.39 is 11.7 Å². The van der Waals surface area contributed by atoms with Gasteiger partial charge in [0.15, 0.2) is 0 Å². The predicted molar refractivity (Wildman–Crippen MR) is 69.4 cm³/mol. The van der Waals surface area contributed by atoms with Crippen LogP contribution in [0.2, 0.25) is 0 Å². The monoisotopic (exact) mass is 267 g/mol. The van der Waals surface area contributed by atoms with Crippen LogP contribution in [0.5, 0.6) is 0 Å². The van der Waals surface area contributed by atoms with E-state index in [4.69, 9.17) is 0 Å². The Morgan fingerprint density at radius 2 is 2.15 bits per heavy atom. The molecular formula is C14H10FN5. The number of hydrogen-bond donors (Lipinski definition) is 0. The number of nitriles is 1. The average molecular weight is 267 g/mol. The van der Waals surface area contributed by atoms with Crippen LogP contribution in [0.1, 0.15) is 22.9 Å². The Labute approximate surface area is 114 Å². The van der Waals surface area contributed by atoms with Crippen molar-refractivity contribution < 1.29 is 4.39 Å². The van der Waals surface area contributed by atoms with E-state index in [1.807, 2.05) is 0 Å². The fourth-order valence-corrected chi connectivity index (χ4v) is 2.17. The molecule has 1 aromatic carbocycles. The molecule has 2 aromatic heterocycles. The van der Waals surface area contributed by atoms with Crippen molar-refractivity contribution in [2.24, 2.45) is 0 Å². The molecule has 0 bridgehead atoms. The third kappa shape index (κ3) is 1.89. The van der Waals surface area contributed by atoms with E-state index in [2.05, 4.69) is 21.1 Å². The minimum Gasteiger partial charge on any atom is -0.216 e. The molecule has 20 heavy (non-hydrogen) atoms. The van der Waals surface area contributed by atoms with Gasteiger partial charge in [0.05, 0.1) is 11.8 Å². The van der Waals surface area contributed by atoms with Gasteiger partial charge in [-0.05, 0) is 19.1 Å². The summed E-state index contributed by atoms with van der Waals surface area (Å²) >= 11 is 0. The molecule has 0 N–H and O–H groups in total. The molecule has 2 heterocycles. The zero-order valence-electron chi connectivity index (χ0n) is 10.7. The normalized spacial score (nSPS) is 12.2. The molecule has 3 rings (SSSR count). The molecule has 0 spiro atoms. The van der Waals surface area contributed by atoms with E-state index in [0.717, 1.165) is 0 Å². The van der Waals surface area contributed by atoms with Gasteiger partial charge >= 0.3 is 0 Å². The molecule has 0 saturated carbocycles. The molecule has 0 fully saturated rings. The highest BCUT2D eigenvalue weighted by molar-refractivity contribution is 5.40. The lowest BCUT2D eigenvalue weighted by Gasteiger charge is -2.12. The van der Waals surface area contributed by atoms with Crippen molar-refractivity contribution in [3.63, 3.8) is 0 Å². The van der Waals surface area contributed by atoms with Gasteiger partial charge in [-0.2, -0.15) is 19.9 Å². The first-order valence-corrected chi connectivity index (χ1v) is 6.02. The first-order chi connectivity index (χ1) is 9.70. The van der Waals surface area contributed by atoms with Crippen molar-refractivity contribution in [3.8, 4) is 6.07 Å². The van der Waals surface area contributed by atoms with Gasteiger partial charge in [0.2, 0.25) is 0 Å². The van der Waals surface area contributed by atoms with E-state index in [-0.39, 0.29) is 0 Å². The Balaban J connectivity index is 2.25. The summed E-state index contributed by atoms with van der Waals surface area (Å²) in [5.41, 5.74) is 1.58. The maximum Gasteiger partial charge on any atom is 0.252 e. The van der Waals surface area contributed by atoms with Gasteiger partial charge in [0.1, 0.15) is 18.1 Å². The van der Waals surface area contributed by atoms with Gasteiger partial charge in [-0.15, -0.1) is 0 Å². The van der Waals surface area contributed by atoms with Crippen LogP contribution in [0.25, 0.3) is 5.78 Å². The molecule has 98 valence electrons. The molecule has 0 aliphatic rings. The zero-order chi connectivity index (χ0) is 14.1. The summed E-state index contributed by atoms with van der Waals surface area (Å²) in [4.78, 5) is 8.23. The molecule has 3 aromatic rings. The maximum atomic E-state index is 13.9. The van der Waals surface area contributed by atoms with Gasteiger partial charge in [0.25, 0.3) is 5.78 Å². The quantitative estimate of drug-likeness (QED) is 0.714. The molecule has 0 radical (unpaired) electrons. The molecule has 5 nitrogen and oxygen atoms in total. The van der Waals surface area contributed by atoms with Crippen molar-refractivity contribution in [2.75, 3.05) is 0 Å². The summed E-state index contributed by atoms with van der Waals surface area (Å²) in [5, 5.41) is 13.5. The average Bonchev–Trinajstić information content (AvgIpc) is 2.89. The Bertz CT molecular complexity index is 818. The number of aryl methyl sites for hydroxylation is 1. The van der Waals surface area contributed by atoms with Crippen LogP contribution < -0.4 is 0 Å². The molecule has 0 aliphatic carbocycles. The number of halogens is 1. The van der Waals surface area contributed by atoms with Crippen LogP contribution in [-0.4, -0.2) is 19.6 Å². The minimum absolute atomic E-state index is 0.317. The van der Waals surface area contributed by atoms with Gasteiger partial charge < -0.3 is 0 Å². The summed E-state index contributed by atoms with van der Waals surface area (Å²) < 4.78 is 15.4. The molecule has 0 aliphatic heterocycles. The smallest absolute Gasteiger partial charge is 0.216 e. The van der Waals surface area contributed by atoms with E-state index in [1.165, 1.54) is 16.9 Å². The van der Waals surface area contributed by atoms with Crippen LogP contribution >= 0.6 is 0 Å². The topological polar surface area (TPSA) is 66.9 Å². The third-order valence-corrected chi connectivity index (χ3v) is 3.05. The summed E-state index contributed by atoms with van der Waals surface area (Å²) in [6.45, 7) is 1.80. The minimum atomic E-state index is -0.762. The predicted octanol–water partition coefficient (Wildman–Crippen LogP) is 2.23. The zero-order valence-corrected chi connectivity index (χ0v) is 10.7.